The van der Waals surface area contributed by atoms with Crippen molar-refractivity contribution in [2.75, 3.05) is 24.3 Å². The molecule has 7 heteroatoms. The summed E-state index contributed by atoms with van der Waals surface area (Å²) in [6.07, 6.45) is -5.31. The normalized spacial score (nSPS) is 11.2. The first-order chi connectivity index (χ1) is 12.2. The molecule has 0 saturated carbocycles. The van der Waals surface area contributed by atoms with E-state index in [1.807, 2.05) is 38.1 Å². The molecule has 0 unspecified atom stereocenters. The number of carbonyl (C=O) groups excluding carboxylic acids is 1. The zero-order chi connectivity index (χ0) is 19.3. The van der Waals surface area contributed by atoms with Gasteiger partial charge in [0.15, 0.2) is 0 Å². The molecule has 0 atom stereocenters. The van der Waals surface area contributed by atoms with Crippen LogP contribution in [0.25, 0.3) is 0 Å². The van der Waals surface area contributed by atoms with Crippen molar-refractivity contribution in [2.45, 2.75) is 26.1 Å². The largest absolute Gasteiger partial charge is 0.393 e. The molecule has 2 N–H and O–H groups in total. The molecule has 0 fully saturated rings. The minimum atomic E-state index is -4.29. The van der Waals surface area contributed by atoms with Crippen LogP contribution in [0, 0.1) is 6.92 Å². The highest BCUT2D eigenvalue weighted by atomic mass is 19.4. The highest BCUT2D eigenvalue weighted by molar-refractivity contribution is 5.91. The average molecular weight is 365 g/mol. The third kappa shape index (κ3) is 5.40. The van der Waals surface area contributed by atoms with Crippen LogP contribution >= 0.6 is 0 Å². The lowest BCUT2D eigenvalue weighted by Crippen LogP contribution is -2.29. The number of carbonyl (C=O) groups is 1. The zero-order valence-electron chi connectivity index (χ0n) is 14.9. The van der Waals surface area contributed by atoms with Gasteiger partial charge in [-0.3, -0.25) is 0 Å². The molecule has 0 aliphatic rings. The van der Waals surface area contributed by atoms with Crippen molar-refractivity contribution >= 4 is 17.4 Å². The first-order valence-corrected chi connectivity index (χ1v) is 8.12. The lowest BCUT2D eigenvalue weighted by molar-refractivity contribution is -0.127. The van der Waals surface area contributed by atoms with Crippen molar-refractivity contribution in [2.24, 2.45) is 0 Å². The summed E-state index contributed by atoms with van der Waals surface area (Å²) in [5.74, 6) is 0. The van der Waals surface area contributed by atoms with Gasteiger partial charge in [0.05, 0.1) is 6.42 Å². The summed E-state index contributed by atoms with van der Waals surface area (Å²) >= 11 is 0. The summed E-state index contributed by atoms with van der Waals surface area (Å²) in [6, 6.07) is 11.3. The molecule has 0 aromatic heterocycles. The maximum Gasteiger partial charge on any atom is 0.393 e. The van der Waals surface area contributed by atoms with Gasteiger partial charge in [0.1, 0.15) is 0 Å². The molecule has 2 amide bonds. The number of nitrogens with zero attached hydrogens (tertiary/aromatic N) is 1. The maximum atomic E-state index is 12.7. The zero-order valence-corrected chi connectivity index (χ0v) is 14.9. The Morgan fingerprint density at radius 2 is 1.69 bits per heavy atom. The van der Waals surface area contributed by atoms with Gasteiger partial charge >= 0.3 is 12.2 Å². The van der Waals surface area contributed by atoms with E-state index in [4.69, 9.17) is 0 Å². The third-order valence-electron chi connectivity index (χ3n) is 3.98. The summed E-state index contributed by atoms with van der Waals surface area (Å²) < 4.78 is 38.0. The van der Waals surface area contributed by atoms with E-state index in [0.29, 0.717) is 11.3 Å². The second-order valence-corrected chi connectivity index (χ2v) is 6.21. The number of halogens is 3. The number of amides is 2. The molecular formula is C19H22F3N3O. The Morgan fingerprint density at radius 1 is 1.04 bits per heavy atom. The van der Waals surface area contributed by atoms with Crippen molar-refractivity contribution in [1.29, 1.82) is 0 Å². The van der Waals surface area contributed by atoms with E-state index in [1.54, 1.807) is 24.3 Å². The Labute approximate surface area is 151 Å². The molecule has 2 rings (SSSR count). The predicted octanol–water partition coefficient (Wildman–Crippen LogP) is 4.49. The van der Waals surface area contributed by atoms with Crippen LogP contribution < -0.4 is 15.5 Å². The summed E-state index contributed by atoms with van der Waals surface area (Å²) in [6.45, 7) is 1.91. The third-order valence-corrected chi connectivity index (χ3v) is 3.98. The Balaban J connectivity index is 2.03. The van der Waals surface area contributed by atoms with Crippen LogP contribution in [0.5, 0.6) is 0 Å². The number of urea groups is 1. The molecule has 140 valence electrons. The summed E-state index contributed by atoms with van der Waals surface area (Å²) in [5, 5.41) is 5.36. The van der Waals surface area contributed by atoms with E-state index in [1.165, 1.54) is 6.07 Å². The number of anilines is 2. The van der Waals surface area contributed by atoms with Gasteiger partial charge < -0.3 is 15.5 Å². The minimum Gasteiger partial charge on any atom is -0.377 e. The Kier molecular flexibility index (Phi) is 6.13. The highest BCUT2D eigenvalue weighted by Gasteiger charge is 2.28. The van der Waals surface area contributed by atoms with E-state index < -0.39 is 18.6 Å². The van der Waals surface area contributed by atoms with Gasteiger partial charge in [-0.25, -0.2) is 4.79 Å². The first-order valence-electron chi connectivity index (χ1n) is 8.12. The van der Waals surface area contributed by atoms with Crippen molar-refractivity contribution in [3.63, 3.8) is 0 Å². The van der Waals surface area contributed by atoms with Crippen LogP contribution in [0.3, 0.4) is 0 Å². The molecule has 26 heavy (non-hydrogen) atoms. The van der Waals surface area contributed by atoms with Crippen LogP contribution in [0.15, 0.2) is 42.5 Å². The number of hydrogen-bond donors (Lipinski definition) is 2. The lowest BCUT2D eigenvalue weighted by atomic mass is 10.0. The van der Waals surface area contributed by atoms with E-state index >= 15 is 0 Å². The second-order valence-electron chi connectivity index (χ2n) is 6.21. The van der Waals surface area contributed by atoms with E-state index in [2.05, 4.69) is 10.6 Å². The Bertz CT molecular complexity index is 773. The van der Waals surface area contributed by atoms with Crippen LogP contribution in [0.4, 0.5) is 29.3 Å². The molecular weight excluding hydrogens is 343 g/mol. The van der Waals surface area contributed by atoms with Gasteiger partial charge in [-0.2, -0.15) is 13.2 Å². The van der Waals surface area contributed by atoms with Gasteiger partial charge in [0.25, 0.3) is 0 Å². The highest BCUT2D eigenvalue weighted by Crippen LogP contribution is 2.25. The van der Waals surface area contributed by atoms with Gasteiger partial charge in [-0.05, 0) is 35.7 Å². The smallest absolute Gasteiger partial charge is 0.377 e. The second kappa shape index (κ2) is 8.12. The maximum absolute atomic E-state index is 12.7. The van der Waals surface area contributed by atoms with E-state index in [-0.39, 0.29) is 12.1 Å². The van der Waals surface area contributed by atoms with Crippen molar-refractivity contribution < 1.29 is 18.0 Å². The predicted molar refractivity (Wildman–Crippen MR) is 97.6 cm³/mol. The molecule has 0 heterocycles. The molecule has 0 radical (unpaired) electrons. The van der Waals surface area contributed by atoms with Gasteiger partial charge in [-0.15, -0.1) is 0 Å². The molecule has 0 bridgehead atoms. The van der Waals surface area contributed by atoms with Crippen LogP contribution in [0.1, 0.15) is 16.7 Å². The van der Waals surface area contributed by atoms with Gasteiger partial charge in [0.2, 0.25) is 0 Å². The lowest BCUT2D eigenvalue weighted by Gasteiger charge is -2.19. The molecule has 0 aliphatic carbocycles. The van der Waals surface area contributed by atoms with Crippen molar-refractivity contribution in [1.82, 2.24) is 5.32 Å². The summed E-state index contributed by atoms with van der Waals surface area (Å²) in [5.41, 5.74) is 3.13. The monoisotopic (exact) mass is 365 g/mol. The standard InChI is InChI=1S/C19H22F3N3O/c1-13-16(9-6-10-17(13)25(2)3)24-18(26)23-12-15-8-5-4-7-14(15)11-19(20,21)22/h4-10H,11-12H2,1-3H3,(H2,23,24,26). The first kappa shape index (κ1) is 19.6. The fourth-order valence-electron chi connectivity index (χ4n) is 2.70. The van der Waals surface area contributed by atoms with Gasteiger partial charge in [0, 0.05) is 32.0 Å². The SMILES string of the molecule is Cc1c(NC(=O)NCc2ccccc2CC(F)(F)F)cccc1N(C)C. The number of hydrogen-bond acceptors (Lipinski definition) is 2. The molecule has 2 aromatic carbocycles. The van der Waals surface area contributed by atoms with Crippen LogP contribution in [-0.4, -0.2) is 26.3 Å². The van der Waals surface area contributed by atoms with E-state index in [9.17, 15) is 18.0 Å². The fraction of sp³-hybridized carbons (Fsp3) is 0.316. The van der Waals surface area contributed by atoms with Crippen molar-refractivity contribution in [3.05, 3.63) is 59.2 Å². The molecule has 0 saturated heterocycles. The van der Waals surface area contributed by atoms with Crippen LogP contribution in [0.2, 0.25) is 0 Å². The number of benzene rings is 2. The minimum absolute atomic E-state index is 0.0184. The Morgan fingerprint density at radius 3 is 2.31 bits per heavy atom. The molecule has 0 spiro atoms. The van der Waals surface area contributed by atoms with Gasteiger partial charge in [-0.1, -0.05) is 30.3 Å². The van der Waals surface area contributed by atoms with Crippen LogP contribution in [-0.2, 0) is 13.0 Å². The number of nitrogens with one attached hydrogen (secondary N) is 2. The van der Waals surface area contributed by atoms with E-state index in [0.717, 1.165) is 11.3 Å². The topological polar surface area (TPSA) is 44.4 Å². The van der Waals surface area contributed by atoms with Crippen molar-refractivity contribution in [3.8, 4) is 0 Å². The molecule has 2 aromatic rings. The molecule has 4 nitrogen and oxygen atoms in total. The molecule has 0 aliphatic heterocycles. The Hall–Kier alpha value is -2.70. The summed E-state index contributed by atoms with van der Waals surface area (Å²) in [7, 11) is 3.81. The quantitative estimate of drug-likeness (QED) is 0.820. The summed E-state index contributed by atoms with van der Waals surface area (Å²) in [4.78, 5) is 14.1. The fourth-order valence-corrected chi connectivity index (χ4v) is 2.70. The average Bonchev–Trinajstić information content (AvgIpc) is 2.54. The number of alkyl halides is 3. The number of rotatable bonds is 5.